The van der Waals surface area contributed by atoms with Gasteiger partial charge in [0.05, 0.1) is 30.2 Å². The molecule has 0 saturated heterocycles. The van der Waals surface area contributed by atoms with Gasteiger partial charge in [-0.25, -0.2) is 4.79 Å². The molecule has 0 bridgehead atoms. The molecule has 0 atom stereocenters. The van der Waals surface area contributed by atoms with Crippen molar-refractivity contribution >= 4 is 13.2 Å². The number of carbonyl (C=O) groups is 1. The smallest absolute Gasteiger partial charge is 0.338 e. The van der Waals surface area contributed by atoms with Gasteiger partial charge in [0.2, 0.25) is 0 Å². The quantitative estimate of drug-likeness (QED) is 0.329. The van der Waals surface area contributed by atoms with E-state index in [1.54, 1.807) is 0 Å². The summed E-state index contributed by atoms with van der Waals surface area (Å²) in [5.41, 5.74) is 1.61. The molecule has 2 nitrogen and oxygen atoms in total. The highest BCUT2D eigenvalue weighted by molar-refractivity contribution is 7.75. The third kappa shape index (κ3) is 10.4. The Balaban J connectivity index is 0.00000729. The fourth-order valence-electron chi connectivity index (χ4n) is 3.52. The summed E-state index contributed by atoms with van der Waals surface area (Å²) in [6.45, 7) is 12.7. The molecule has 0 radical (unpaired) electrons. The molecule has 0 aliphatic carbocycles. The standard InChI is InChI=1S/C24H42O2P.BrH/c1-7-10-17-27(18-11-8-2,19-12-9-3)20-21-13-15-22(16-14-21)23(25)26-24(4,5)6;/h13-16H,7-12,17-20H2,1-6H3;1H/q+1;/p-1. The van der Waals surface area contributed by atoms with Crippen LogP contribution in [0.4, 0.5) is 0 Å². The Morgan fingerprint density at radius 3 is 1.64 bits per heavy atom. The van der Waals surface area contributed by atoms with Gasteiger partial charge < -0.3 is 21.7 Å². The van der Waals surface area contributed by atoms with E-state index in [2.05, 4.69) is 32.9 Å². The first kappa shape index (κ1) is 27.6. The second-order valence-corrected chi connectivity index (χ2v) is 13.3. The lowest BCUT2D eigenvalue weighted by Crippen LogP contribution is -3.00. The first-order chi connectivity index (χ1) is 12.7. The average Bonchev–Trinajstić information content (AvgIpc) is 2.62. The van der Waals surface area contributed by atoms with E-state index >= 15 is 0 Å². The summed E-state index contributed by atoms with van der Waals surface area (Å²) in [5.74, 6) is -0.224. The van der Waals surface area contributed by atoms with Crippen LogP contribution in [0.25, 0.3) is 0 Å². The van der Waals surface area contributed by atoms with Crippen LogP contribution in [-0.4, -0.2) is 30.1 Å². The Bertz CT molecular complexity index is 527. The highest BCUT2D eigenvalue weighted by Crippen LogP contribution is 2.63. The molecule has 1 rings (SSSR count). The van der Waals surface area contributed by atoms with E-state index in [-0.39, 0.29) is 23.0 Å². The predicted octanol–water partition coefficient (Wildman–Crippen LogP) is 4.56. The Morgan fingerprint density at radius 1 is 0.857 bits per heavy atom. The van der Waals surface area contributed by atoms with Gasteiger partial charge in [-0.1, -0.05) is 52.2 Å². The second-order valence-electron chi connectivity index (χ2n) is 8.93. The van der Waals surface area contributed by atoms with Crippen LogP contribution in [0.3, 0.4) is 0 Å². The monoisotopic (exact) mass is 472 g/mol. The van der Waals surface area contributed by atoms with E-state index in [0.717, 1.165) is 0 Å². The van der Waals surface area contributed by atoms with Crippen LogP contribution in [-0.2, 0) is 10.9 Å². The number of benzene rings is 1. The maximum atomic E-state index is 12.3. The number of hydrogen-bond acceptors (Lipinski definition) is 2. The lowest BCUT2D eigenvalue weighted by Gasteiger charge is -2.28. The zero-order valence-electron chi connectivity index (χ0n) is 19.0. The van der Waals surface area contributed by atoms with E-state index < -0.39 is 12.9 Å². The molecular formula is C24H42BrO2P. The van der Waals surface area contributed by atoms with Crippen molar-refractivity contribution in [1.82, 2.24) is 0 Å². The number of ether oxygens (including phenoxy) is 1. The van der Waals surface area contributed by atoms with Crippen LogP contribution in [0, 0.1) is 0 Å². The molecule has 0 amide bonds. The molecule has 0 unspecified atom stereocenters. The van der Waals surface area contributed by atoms with Crippen LogP contribution < -0.4 is 17.0 Å². The highest BCUT2D eigenvalue weighted by Gasteiger charge is 2.35. The highest BCUT2D eigenvalue weighted by atomic mass is 79.9. The van der Waals surface area contributed by atoms with E-state index in [4.69, 9.17) is 4.74 Å². The lowest BCUT2D eigenvalue weighted by atomic mass is 10.1. The van der Waals surface area contributed by atoms with Crippen LogP contribution in [0.2, 0.25) is 0 Å². The summed E-state index contributed by atoms with van der Waals surface area (Å²) in [4.78, 5) is 12.3. The zero-order chi connectivity index (χ0) is 20.3. The average molecular weight is 473 g/mol. The molecule has 1 aromatic rings. The summed E-state index contributed by atoms with van der Waals surface area (Å²) >= 11 is 0. The minimum Gasteiger partial charge on any atom is -1.00 e. The number of unbranched alkanes of at least 4 members (excludes halogenated alkanes) is 3. The van der Waals surface area contributed by atoms with Crippen LogP contribution >= 0.6 is 7.26 Å². The topological polar surface area (TPSA) is 26.3 Å². The largest absolute Gasteiger partial charge is 1.00 e. The van der Waals surface area contributed by atoms with Gasteiger partial charge in [0.1, 0.15) is 5.60 Å². The molecule has 0 aliphatic heterocycles. The normalized spacial score (nSPS) is 11.8. The molecule has 0 N–H and O–H groups in total. The molecule has 4 heteroatoms. The Morgan fingerprint density at radius 2 is 1.29 bits per heavy atom. The molecule has 162 valence electrons. The third-order valence-electron chi connectivity index (χ3n) is 5.06. The Labute approximate surface area is 185 Å². The van der Waals surface area contributed by atoms with Gasteiger partial charge >= 0.3 is 5.97 Å². The molecule has 1 aromatic carbocycles. The maximum Gasteiger partial charge on any atom is 0.338 e. The zero-order valence-corrected chi connectivity index (χ0v) is 21.5. The summed E-state index contributed by atoms with van der Waals surface area (Å²) in [6, 6.07) is 8.24. The molecule has 0 heterocycles. The molecule has 0 aromatic heterocycles. The number of halogens is 1. The van der Waals surface area contributed by atoms with Crippen molar-refractivity contribution in [3.05, 3.63) is 35.4 Å². The fraction of sp³-hybridized carbons (Fsp3) is 0.708. The van der Waals surface area contributed by atoms with E-state index in [0.29, 0.717) is 5.56 Å². The van der Waals surface area contributed by atoms with Gasteiger partial charge in [-0.15, -0.1) is 0 Å². The number of esters is 1. The predicted molar refractivity (Wildman–Crippen MR) is 122 cm³/mol. The van der Waals surface area contributed by atoms with Crippen molar-refractivity contribution < 1.29 is 26.5 Å². The molecule has 28 heavy (non-hydrogen) atoms. The van der Waals surface area contributed by atoms with Crippen molar-refractivity contribution in [1.29, 1.82) is 0 Å². The van der Waals surface area contributed by atoms with Gasteiger partial charge in [0.15, 0.2) is 0 Å². The van der Waals surface area contributed by atoms with E-state index in [1.807, 2.05) is 32.9 Å². The van der Waals surface area contributed by atoms with Crippen molar-refractivity contribution in [2.24, 2.45) is 0 Å². The Hall–Kier alpha value is -0.400. The SMILES string of the molecule is CCCC[P+](CCCC)(CCCC)Cc1ccc(C(=O)OC(C)(C)C)cc1.[Br-]. The van der Waals surface area contributed by atoms with Crippen molar-refractivity contribution in [2.45, 2.75) is 91.8 Å². The van der Waals surface area contributed by atoms with Crippen LogP contribution in [0.1, 0.15) is 96.0 Å². The van der Waals surface area contributed by atoms with Gasteiger partial charge in [-0.3, -0.25) is 0 Å². The summed E-state index contributed by atoms with van der Waals surface area (Å²) in [7, 11) is -0.956. The van der Waals surface area contributed by atoms with Gasteiger partial charge in [-0.05, 0) is 57.7 Å². The lowest BCUT2D eigenvalue weighted by molar-refractivity contribution is -0.000181. The van der Waals surface area contributed by atoms with Crippen molar-refractivity contribution in [3.8, 4) is 0 Å². The summed E-state index contributed by atoms with van der Waals surface area (Å²) in [6.07, 6.45) is 13.5. The summed E-state index contributed by atoms with van der Waals surface area (Å²) < 4.78 is 5.49. The Kier molecular flexibility index (Phi) is 13.6. The van der Waals surface area contributed by atoms with Gasteiger partial charge in [0.25, 0.3) is 0 Å². The van der Waals surface area contributed by atoms with Gasteiger partial charge in [-0.2, -0.15) is 0 Å². The van der Waals surface area contributed by atoms with Gasteiger partial charge in [0, 0.05) is 7.26 Å². The second kappa shape index (κ2) is 13.8. The van der Waals surface area contributed by atoms with Crippen LogP contribution in [0.5, 0.6) is 0 Å². The first-order valence-corrected chi connectivity index (χ1v) is 13.5. The molecule has 0 saturated carbocycles. The molecule has 0 spiro atoms. The molecule has 0 aliphatic rings. The minimum atomic E-state index is -0.956. The van der Waals surface area contributed by atoms with Crippen molar-refractivity contribution in [2.75, 3.05) is 18.5 Å². The number of rotatable bonds is 12. The minimum absolute atomic E-state index is 0. The number of hydrogen-bond donors (Lipinski definition) is 0. The molecule has 0 fully saturated rings. The molecular weight excluding hydrogens is 431 g/mol. The summed E-state index contributed by atoms with van der Waals surface area (Å²) in [5, 5.41) is 0. The van der Waals surface area contributed by atoms with Crippen molar-refractivity contribution in [3.63, 3.8) is 0 Å². The van der Waals surface area contributed by atoms with Crippen LogP contribution in [0.15, 0.2) is 24.3 Å². The van der Waals surface area contributed by atoms with E-state index in [1.165, 1.54) is 68.7 Å². The third-order valence-corrected chi connectivity index (χ3v) is 9.90. The van der Waals surface area contributed by atoms with E-state index in [9.17, 15) is 4.79 Å². The fourth-order valence-corrected chi connectivity index (χ4v) is 8.62. The number of carbonyl (C=O) groups excluding carboxylic acids is 1. The maximum absolute atomic E-state index is 12.3. The first-order valence-electron chi connectivity index (χ1n) is 10.9.